The van der Waals surface area contributed by atoms with E-state index in [0.717, 1.165) is 16.5 Å². The fraction of sp³-hybridized carbons (Fsp3) is 0.382. The number of carboxylic acids is 1. The number of nitrogens with two attached hydrogens (primary N) is 6. The molecule has 9 amide bonds. The Labute approximate surface area is 566 Å². The normalized spacial score (nSPS) is 12.5. The summed E-state index contributed by atoms with van der Waals surface area (Å²) in [4.78, 5) is 140. The number of aliphatic carboxylic acids is 1. The number of H-pyrrole nitrogens is 1. The van der Waals surface area contributed by atoms with E-state index in [9.17, 15) is 53.1 Å². The Bertz CT molecular complexity index is 3770. The predicted octanol–water partition coefficient (Wildman–Crippen LogP) is 3.48. The third kappa shape index (κ3) is 22.5. The Kier molecular flexibility index (Phi) is 30.2. The number of carbonyl (C=O) groups excluding carboxylic acids is 9. The molecule has 0 aliphatic carbocycles. The molecule has 5 aromatic carbocycles. The first-order valence-corrected chi connectivity index (χ1v) is 32.1. The van der Waals surface area contributed by atoms with E-state index >= 15 is 0 Å². The molecule has 0 fully saturated rings. The molecule has 0 radical (unpaired) electrons. The molecule has 5 atom stereocenters. The van der Waals surface area contributed by atoms with Crippen molar-refractivity contribution in [2.75, 3.05) is 75.4 Å². The van der Waals surface area contributed by atoms with Gasteiger partial charge in [-0.1, -0.05) is 24.6 Å². The number of benzene rings is 5. The lowest BCUT2D eigenvalue weighted by molar-refractivity contribution is -0.139. The molecule has 0 saturated carbocycles. The van der Waals surface area contributed by atoms with Gasteiger partial charge in [-0.3, -0.25) is 43.2 Å². The molecule has 526 valence electrons. The van der Waals surface area contributed by atoms with Crippen molar-refractivity contribution in [3.8, 4) is 23.0 Å². The van der Waals surface area contributed by atoms with E-state index in [1.54, 1.807) is 12.3 Å². The van der Waals surface area contributed by atoms with Crippen LogP contribution in [0.2, 0.25) is 0 Å². The predicted molar refractivity (Wildman–Crippen MR) is 369 cm³/mol. The minimum atomic E-state index is -1.38. The maximum atomic E-state index is 14.5. The standard InChI is InChI=1S/C68H89N15O15/c1-95-55-24-20-40(76-65(91)49(73)15-6-10-28-69)33-45(55)61(87)80-51(17-7-11-29-70)66(92)77-41-21-25-56(96-2)46(34-41)62(88)81-52(18-8-12-30-71)67(93)79-43-23-27-58(98-38-59(84)85)48(36-43)64(90)82-53(19-9-13-31-72)68(94)78-42-22-26-57(97-3)47(35-42)63(89)83-54(60(74)86)32-39-37-75-50-16-5-4-14-44(39)50/h4-5,14,16,20-27,33-37,49,51-54,75H,6-13,15,17-19,28-32,38,69-73H2,1-3H3,(H2,74,86)(H,76,91)(H,77,92)(H,78,94)(H,79,93)(H,80,87)(H,81,88)(H,82,90)(H,83,89)(H,84,85). The van der Waals surface area contributed by atoms with Gasteiger partial charge in [0.2, 0.25) is 29.5 Å². The number of methoxy groups -OCH3 is 3. The molecule has 30 heteroatoms. The first-order valence-electron chi connectivity index (χ1n) is 32.1. The van der Waals surface area contributed by atoms with Crippen molar-refractivity contribution in [3.05, 3.63) is 131 Å². The lowest BCUT2D eigenvalue weighted by Gasteiger charge is -2.22. The number of aromatic amines is 1. The van der Waals surface area contributed by atoms with Gasteiger partial charge >= 0.3 is 5.97 Å². The third-order valence-corrected chi connectivity index (χ3v) is 15.7. The Balaban J connectivity index is 1.20. The number of ether oxygens (including phenoxy) is 4. The van der Waals surface area contributed by atoms with E-state index in [-0.39, 0.29) is 107 Å². The van der Waals surface area contributed by atoms with Crippen LogP contribution in [0.15, 0.2) is 103 Å². The third-order valence-electron chi connectivity index (χ3n) is 15.7. The number of rotatable bonds is 41. The molecule has 5 unspecified atom stereocenters. The maximum Gasteiger partial charge on any atom is 0.341 e. The van der Waals surface area contributed by atoms with E-state index < -0.39 is 96.0 Å². The molecule has 6 aromatic rings. The van der Waals surface area contributed by atoms with Crippen molar-refractivity contribution in [1.29, 1.82) is 0 Å². The highest BCUT2D eigenvalue weighted by molar-refractivity contribution is 6.08. The minimum Gasteiger partial charge on any atom is -0.496 e. The molecule has 0 aliphatic heterocycles. The van der Waals surface area contributed by atoms with Gasteiger partial charge in [0.25, 0.3) is 23.6 Å². The zero-order valence-electron chi connectivity index (χ0n) is 55.1. The molecule has 0 aliphatic rings. The van der Waals surface area contributed by atoms with Crippen LogP contribution in [0.3, 0.4) is 0 Å². The van der Waals surface area contributed by atoms with Gasteiger partial charge in [0.1, 0.15) is 47.2 Å². The van der Waals surface area contributed by atoms with Crippen molar-refractivity contribution in [2.24, 2.45) is 34.4 Å². The van der Waals surface area contributed by atoms with Crippen LogP contribution in [-0.2, 0) is 35.2 Å². The molecule has 1 heterocycles. The summed E-state index contributed by atoms with van der Waals surface area (Å²) >= 11 is 0. The number of carbonyl (C=O) groups is 10. The Hall–Kier alpha value is -10.7. The second kappa shape index (κ2) is 38.8. The number of amides is 9. The van der Waals surface area contributed by atoms with Gasteiger partial charge in [0.15, 0.2) is 6.61 Å². The molecular formula is C68H89N15O15. The van der Waals surface area contributed by atoms with Gasteiger partial charge in [0, 0.05) is 46.3 Å². The van der Waals surface area contributed by atoms with Gasteiger partial charge in [0.05, 0.1) is 49.6 Å². The van der Waals surface area contributed by atoms with E-state index in [0.29, 0.717) is 70.9 Å². The SMILES string of the molecule is COc1ccc(NC(=O)C(CCCCN)NC(=O)c2cc(NC(=O)C(CCCCN)NC(=O)c3cc(NC(=O)C(CCCCN)NC(=O)c4cc(NC(=O)C(N)CCCCN)ccc4OC)ccc3OC)ccc2OCC(=O)O)cc1C(=O)NC(Cc1c[nH]c2ccccc12)C(N)=O. The summed E-state index contributed by atoms with van der Waals surface area (Å²) in [7, 11) is 4.01. The highest BCUT2D eigenvalue weighted by Crippen LogP contribution is 2.29. The van der Waals surface area contributed by atoms with Crippen LogP contribution in [0.25, 0.3) is 10.9 Å². The molecule has 22 N–H and O–H groups in total. The summed E-state index contributed by atoms with van der Waals surface area (Å²) in [5, 5.41) is 32.2. The van der Waals surface area contributed by atoms with Crippen molar-refractivity contribution in [2.45, 2.75) is 114 Å². The van der Waals surface area contributed by atoms with E-state index in [1.807, 2.05) is 24.3 Å². The van der Waals surface area contributed by atoms with Gasteiger partial charge in [-0.05, 0) is 181 Å². The van der Waals surface area contributed by atoms with Crippen molar-refractivity contribution in [1.82, 2.24) is 26.3 Å². The van der Waals surface area contributed by atoms with Crippen LogP contribution in [0.5, 0.6) is 23.0 Å². The highest BCUT2D eigenvalue weighted by atomic mass is 16.5. The number of nitrogens with one attached hydrogen (secondary N) is 9. The molecule has 0 saturated heterocycles. The molecule has 6 rings (SSSR count). The van der Waals surface area contributed by atoms with Gasteiger partial charge in [-0.15, -0.1) is 0 Å². The maximum absolute atomic E-state index is 14.5. The molecular weight excluding hydrogens is 1270 g/mol. The van der Waals surface area contributed by atoms with Crippen molar-refractivity contribution in [3.63, 3.8) is 0 Å². The number of fused-ring (bicyclic) bond motifs is 1. The van der Waals surface area contributed by atoms with Crippen LogP contribution >= 0.6 is 0 Å². The average molecular weight is 1360 g/mol. The highest BCUT2D eigenvalue weighted by Gasteiger charge is 2.30. The van der Waals surface area contributed by atoms with Crippen LogP contribution < -0.4 is 95.9 Å². The fourth-order valence-corrected chi connectivity index (χ4v) is 10.5. The van der Waals surface area contributed by atoms with Crippen molar-refractivity contribution >= 4 is 92.8 Å². The summed E-state index contributed by atoms with van der Waals surface area (Å²) in [6.45, 7) is 0.375. The van der Waals surface area contributed by atoms with Gasteiger partial charge in [-0.25, -0.2) is 4.79 Å². The first kappa shape index (κ1) is 76.4. The number of hydrogen-bond donors (Lipinski definition) is 16. The zero-order valence-corrected chi connectivity index (χ0v) is 55.1. The second-order valence-corrected chi connectivity index (χ2v) is 22.9. The monoisotopic (exact) mass is 1360 g/mol. The van der Waals surface area contributed by atoms with Gasteiger partial charge in [-0.2, -0.15) is 0 Å². The van der Waals surface area contributed by atoms with Crippen LogP contribution in [-0.4, -0.2) is 154 Å². The number of para-hydroxylation sites is 1. The van der Waals surface area contributed by atoms with Crippen LogP contribution in [0.1, 0.15) is 124 Å². The summed E-state index contributed by atoms with van der Waals surface area (Å²) < 4.78 is 22.0. The molecule has 0 bridgehead atoms. The topological polar surface area (TPSA) is 496 Å². The Morgan fingerprint density at radius 3 is 1.16 bits per heavy atom. The van der Waals surface area contributed by atoms with E-state index in [1.165, 1.54) is 88.1 Å². The first-order chi connectivity index (χ1) is 47.1. The summed E-state index contributed by atoms with van der Waals surface area (Å²) in [6.07, 6.45) is 6.28. The van der Waals surface area contributed by atoms with E-state index in [4.69, 9.17) is 53.3 Å². The number of anilines is 4. The number of hydrogen-bond acceptors (Lipinski definition) is 19. The molecule has 30 nitrogen and oxygen atoms in total. The fourth-order valence-electron chi connectivity index (χ4n) is 10.5. The van der Waals surface area contributed by atoms with Crippen LogP contribution in [0, 0.1) is 0 Å². The lowest BCUT2D eigenvalue weighted by atomic mass is 10.0. The number of carboxylic acid groups (broad SMARTS) is 1. The lowest BCUT2D eigenvalue weighted by Crippen LogP contribution is -2.46. The minimum absolute atomic E-state index is 0.00551. The van der Waals surface area contributed by atoms with Crippen molar-refractivity contribution < 1.29 is 72.0 Å². The summed E-state index contributed by atoms with van der Waals surface area (Å²) in [6, 6.07) is 18.3. The number of primary amides is 1. The zero-order chi connectivity index (χ0) is 71.3. The summed E-state index contributed by atoms with van der Waals surface area (Å²) in [5.41, 5.74) is 36.4. The smallest absolute Gasteiger partial charge is 0.341 e. The quantitative estimate of drug-likeness (QED) is 0.0244. The molecule has 98 heavy (non-hydrogen) atoms. The average Bonchev–Trinajstić information content (AvgIpc) is 1.20. The van der Waals surface area contributed by atoms with Crippen LogP contribution in [0.4, 0.5) is 22.7 Å². The van der Waals surface area contributed by atoms with E-state index in [2.05, 4.69) is 47.5 Å². The van der Waals surface area contributed by atoms with Gasteiger partial charge < -0.3 is 106 Å². The summed E-state index contributed by atoms with van der Waals surface area (Å²) in [5.74, 6) is -7.98. The number of aromatic nitrogens is 1. The second-order valence-electron chi connectivity index (χ2n) is 22.9. The Morgan fingerprint density at radius 1 is 0.449 bits per heavy atom. The molecule has 1 aromatic heterocycles. The molecule has 0 spiro atoms. The number of unbranched alkanes of at least 4 members (excludes halogenated alkanes) is 4. The Morgan fingerprint density at radius 2 is 0.796 bits per heavy atom. The largest absolute Gasteiger partial charge is 0.496 e.